The lowest BCUT2D eigenvalue weighted by Gasteiger charge is -2.31. The maximum absolute atomic E-state index is 12.4. The number of aromatic amines is 1. The number of H-pyrrole nitrogens is 1. The number of rotatable bonds is 11. The fourth-order valence-electron chi connectivity index (χ4n) is 5.41. The second kappa shape index (κ2) is 12.2. The van der Waals surface area contributed by atoms with E-state index in [1.807, 2.05) is 6.92 Å². The average molecular weight is 705 g/mol. The van der Waals surface area contributed by atoms with Gasteiger partial charge in [-0.05, 0) is 31.1 Å². The van der Waals surface area contributed by atoms with E-state index >= 15 is 0 Å². The van der Waals surface area contributed by atoms with E-state index in [9.17, 15) is 19.1 Å². The predicted molar refractivity (Wildman–Crippen MR) is 165 cm³/mol. The first-order valence-corrected chi connectivity index (χ1v) is 18.9. The first-order valence-electron chi connectivity index (χ1n) is 13.6. The molecule has 0 amide bonds. The predicted octanol–water partition coefficient (Wildman–Crippen LogP) is 1.53. The first kappa shape index (κ1) is 32.4. The van der Waals surface area contributed by atoms with Crippen molar-refractivity contribution < 1.29 is 37.4 Å². The fourth-order valence-corrected chi connectivity index (χ4v) is 7.45. The van der Waals surface area contributed by atoms with E-state index in [0.29, 0.717) is 30.4 Å². The van der Waals surface area contributed by atoms with Crippen LogP contribution in [0.5, 0.6) is 0 Å². The van der Waals surface area contributed by atoms with Crippen LogP contribution in [0.4, 0.5) is 11.8 Å². The number of anilines is 2. The number of thiol groups is 1. The molecule has 2 aliphatic rings. The third-order valence-electron chi connectivity index (χ3n) is 7.63. The fraction of sp³-hybridized carbons (Fsp3) is 0.545. The number of hydrogen-bond acceptors (Lipinski definition) is 15. The number of aromatic nitrogens is 8. The van der Waals surface area contributed by atoms with Crippen LogP contribution < -0.4 is 17.0 Å². The average Bonchev–Trinajstić information content (AvgIpc) is 3.75. The van der Waals surface area contributed by atoms with Crippen LogP contribution in [0.3, 0.4) is 0 Å². The molecule has 2 fully saturated rings. The van der Waals surface area contributed by atoms with Crippen molar-refractivity contribution in [2.75, 3.05) is 24.7 Å². The van der Waals surface area contributed by atoms with Crippen LogP contribution in [0.15, 0.2) is 23.8 Å². The summed E-state index contributed by atoms with van der Waals surface area (Å²) in [5.41, 5.74) is 11.4. The number of nitrogens with two attached hydrogens (primary N) is 2. The molecular formula is C22H30N10O9P2S2. The Balaban J connectivity index is 1.19. The Labute approximate surface area is 264 Å². The standard InChI is InChI=1S/C22H30N10O9P2S2/c1-2-22(4-3-13(40-22)31-9-27-14-16(23)25-8-26-17(14)31)7-38-43(36,45)41-12-5-11(6-37-42(34,35)44)39-20(12)32-10-28-15-18(32)29-21(24)30-19(15)33/h8-13,20H,2-7H2,1H3,(H,36,45)(H2,23,25,26)(H2,34,35,44)(H3,24,29,30,33)/t11-,12-,13+,20+,22-,43?/m0/s1. The lowest BCUT2D eigenvalue weighted by atomic mass is 9.98. The number of fused-ring (bicyclic) bond motifs is 2. The second-order valence-corrected chi connectivity index (χ2v) is 16.1. The molecule has 7 N–H and O–H groups in total. The van der Waals surface area contributed by atoms with E-state index in [0.717, 1.165) is 0 Å². The number of nitrogen functional groups attached to an aromatic ring is 2. The molecule has 0 aromatic carbocycles. The number of ether oxygens (including phenoxy) is 2. The van der Waals surface area contributed by atoms with Gasteiger partial charge in [-0.3, -0.25) is 23.4 Å². The lowest BCUT2D eigenvalue weighted by molar-refractivity contribution is -0.0975. The second-order valence-electron chi connectivity index (χ2n) is 10.6. The molecule has 2 aliphatic heterocycles. The van der Waals surface area contributed by atoms with Crippen LogP contribution in [-0.2, 0) is 39.4 Å². The van der Waals surface area contributed by atoms with Crippen molar-refractivity contribution in [1.82, 2.24) is 39.0 Å². The van der Waals surface area contributed by atoms with Crippen LogP contribution in [0.1, 0.15) is 45.1 Å². The number of nitrogens with zero attached hydrogens (tertiary/aromatic N) is 7. The Morgan fingerprint density at radius 3 is 2.69 bits per heavy atom. The molecule has 2 unspecified atom stereocenters. The zero-order chi connectivity index (χ0) is 32.1. The van der Waals surface area contributed by atoms with Crippen molar-refractivity contribution in [3.8, 4) is 0 Å². The third kappa shape index (κ3) is 6.79. The van der Waals surface area contributed by atoms with E-state index in [4.69, 9.17) is 46.3 Å². The summed E-state index contributed by atoms with van der Waals surface area (Å²) in [6.07, 6.45) is 2.74. The maximum atomic E-state index is 12.4. The molecule has 19 nitrogen and oxygen atoms in total. The number of nitrogens with one attached hydrogen (secondary N) is 1. The normalized spacial score (nSPS) is 28.1. The van der Waals surface area contributed by atoms with E-state index < -0.39 is 49.3 Å². The van der Waals surface area contributed by atoms with Gasteiger partial charge in [-0.2, -0.15) is 4.98 Å². The molecule has 4 aromatic rings. The van der Waals surface area contributed by atoms with Gasteiger partial charge in [0.1, 0.15) is 24.2 Å². The lowest BCUT2D eigenvalue weighted by Crippen LogP contribution is -2.33. The van der Waals surface area contributed by atoms with Crippen LogP contribution in [0, 0.1) is 0 Å². The molecule has 0 saturated carbocycles. The molecular weight excluding hydrogens is 674 g/mol. The highest BCUT2D eigenvalue weighted by atomic mass is 32.7. The van der Waals surface area contributed by atoms with Crippen LogP contribution in [0.25, 0.3) is 22.3 Å². The molecule has 7 atom stereocenters. The van der Waals surface area contributed by atoms with Gasteiger partial charge in [-0.1, -0.05) is 19.2 Å². The highest BCUT2D eigenvalue weighted by Gasteiger charge is 2.45. The summed E-state index contributed by atoms with van der Waals surface area (Å²) in [6.45, 7) is -6.58. The highest BCUT2D eigenvalue weighted by molar-refractivity contribution is 8.44. The molecule has 23 heteroatoms. The summed E-state index contributed by atoms with van der Waals surface area (Å²) in [7, 11) is 0. The van der Waals surface area contributed by atoms with E-state index in [2.05, 4.69) is 42.2 Å². The Morgan fingerprint density at radius 2 is 1.93 bits per heavy atom. The molecule has 45 heavy (non-hydrogen) atoms. The van der Waals surface area contributed by atoms with E-state index in [1.165, 1.54) is 17.2 Å². The Bertz CT molecular complexity index is 1880. The maximum Gasteiger partial charge on any atom is 0.383 e. The van der Waals surface area contributed by atoms with Gasteiger partial charge in [0.25, 0.3) is 5.56 Å². The van der Waals surface area contributed by atoms with Crippen LogP contribution in [-0.4, -0.2) is 79.8 Å². The molecule has 0 aliphatic carbocycles. The van der Waals surface area contributed by atoms with Crippen LogP contribution in [0.2, 0.25) is 0 Å². The van der Waals surface area contributed by atoms with Crippen molar-refractivity contribution in [3.63, 3.8) is 0 Å². The van der Waals surface area contributed by atoms with Gasteiger partial charge >= 0.3 is 13.5 Å². The molecule has 0 spiro atoms. The monoisotopic (exact) mass is 704 g/mol. The minimum Gasteiger partial charge on any atom is -0.382 e. The van der Waals surface area contributed by atoms with Gasteiger partial charge in [0.15, 0.2) is 28.9 Å². The van der Waals surface area contributed by atoms with Gasteiger partial charge < -0.3 is 39.8 Å². The SMILES string of the molecule is CC[C@@]1(COP(O)(=S)O[C@H]2C[C@@H](COP(=O)(O)S)O[C@H]2n2cnc3c(=O)[nH]c(N)nc32)CC[C@H](n2cnc3c(N)ncnc32)O1. The van der Waals surface area contributed by atoms with Crippen molar-refractivity contribution in [1.29, 1.82) is 0 Å². The van der Waals surface area contributed by atoms with Crippen LogP contribution >= 0.6 is 25.8 Å². The van der Waals surface area contributed by atoms with Crippen molar-refractivity contribution in [2.24, 2.45) is 0 Å². The molecule has 0 radical (unpaired) electrons. The Kier molecular flexibility index (Phi) is 8.81. The smallest absolute Gasteiger partial charge is 0.382 e. The Hall–Kier alpha value is -2.55. The summed E-state index contributed by atoms with van der Waals surface area (Å²) in [5, 5.41) is 0. The van der Waals surface area contributed by atoms with Crippen molar-refractivity contribution in [2.45, 2.75) is 62.9 Å². The van der Waals surface area contributed by atoms with E-state index in [-0.39, 0.29) is 42.6 Å². The van der Waals surface area contributed by atoms with Gasteiger partial charge in [-0.25, -0.2) is 24.5 Å². The highest BCUT2D eigenvalue weighted by Crippen LogP contribution is 2.53. The summed E-state index contributed by atoms with van der Waals surface area (Å²) < 4.78 is 44.0. The number of hydrogen-bond donors (Lipinski definition) is 6. The zero-order valence-corrected chi connectivity index (χ0v) is 27.1. The summed E-state index contributed by atoms with van der Waals surface area (Å²) in [5.74, 6) is 0.101. The molecule has 6 rings (SSSR count). The molecule has 6 heterocycles. The summed E-state index contributed by atoms with van der Waals surface area (Å²) in [6, 6.07) is 0. The third-order valence-corrected chi connectivity index (χ3v) is 10.0. The molecule has 244 valence electrons. The summed E-state index contributed by atoms with van der Waals surface area (Å²) >= 11 is 8.93. The Morgan fingerprint density at radius 1 is 1.18 bits per heavy atom. The largest absolute Gasteiger partial charge is 0.383 e. The topological polar surface area (TPSA) is 263 Å². The quantitative estimate of drug-likeness (QED) is 0.0955. The van der Waals surface area contributed by atoms with E-state index in [1.54, 1.807) is 10.9 Å². The molecule has 4 aromatic heterocycles. The minimum atomic E-state index is -4.13. The number of imidazole rings is 2. The summed E-state index contributed by atoms with van der Waals surface area (Å²) in [4.78, 5) is 56.2. The minimum absolute atomic E-state index is 0.0150. The van der Waals surface area contributed by atoms with Crippen molar-refractivity contribution in [3.05, 3.63) is 29.3 Å². The van der Waals surface area contributed by atoms with Gasteiger partial charge in [0.2, 0.25) is 5.95 Å². The molecule has 0 bridgehead atoms. The first-order chi connectivity index (χ1) is 21.3. The molecule has 2 saturated heterocycles. The van der Waals surface area contributed by atoms with Gasteiger partial charge in [0.05, 0.1) is 37.6 Å². The van der Waals surface area contributed by atoms with Gasteiger partial charge in [0, 0.05) is 6.42 Å². The van der Waals surface area contributed by atoms with Gasteiger partial charge in [-0.15, -0.1) is 0 Å². The van der Waals surface area contributed by atoms with Crippen molar-refractivity contribution >= 4 is 71.7 Å². The zero-order valence-electron chi connectivity index (χ0n) is 23.6.